The molecular weight excluding hydrogens is 266 g/mol. The summed E-state index contributed by atoms with van der Waals surface area (Å²) in [5, 5.41) is 0. The van der Waals surface area contributed by atoms with Crippen molar-refractivity contribution in [1.29, 1.82) is 0 Å². The van der Waals surface area contributed by atoms with Crippen LogP contribution >= 0.6 is 0 Å². The summed E-state index contributed by atoms with van der Waals surface area (Å²) >= 11 is 0. The third-order valence-electron chi connectivity index (χ3n) is 3.44. The highest BCUT2D eigenvalue weighted by atomic mass is 16.5. The van der Waals surface area contributed by atoms with Gasteiger partial charge in [-0.3, -0.25) is 4.79 Å². The summed E-state index contributed by atoms with van der Waals surface area (Å²) in [5.41, 5.74) is 9.26. The topological polar surface area (TPSA) is 61.5 Å². The number of carbonyl (C=O) groups excluding carboxylic acids is 1. The maximum atomic E-state index is 11.2. The number of ether oxygens (including phenoxy) is 2. The quantitative estimate of drug-likeness (QED) is 0.430. The van der Waals surface area contributed by atoms with Crippen LogP contribution in [-0.2, 0) is 22.4 Å². The molecule has 0 aliphatic carbocycles. The van der Waals surface area contributed by atoms with Gasteiger partial charge in [0.2, 0.25) is 0 Å². The molecule has 4 heteroatoms. The van der Waals surface area contributed by atoms with E-state index in [9.17, 15) is 4.79 Å². The minimum atomic E-state index is -0.133. The molecule has 0 fully saturated rings. The number of carbonyl (C=O) groups is 1. The Morgan fingerprint density at radius 2 is 1.71 bits per heavy atom. The summed E-state index contributed by atoms with van der Waals surface area (Å²) in [4.78, 5) is 11.2. The highest BCUT2D eigenvalue weighted by molar-refractivity contribution is 5.69. The molecule has 0 unspecified atom stereocenters. The van der Waals surface area contributed by atoms with Gasteiger partial charge in [0, 0.05) is 12.1 Å². The van der Waals surface area contributed by atoms with Gasteiger partial charge in [-0.25, -0.2) is 0 Å². The van der Waals surface area contributed by atoms with E-state index in [1.807, 2.05) is 19.1 Å². The van der Waals surface area contributed by atoms with Crippen LogP contribution in [0, 0.1) is 0 Å². The summed E-state index contributed by atoms with van der Waals surface area (Å²) in [6.45, 7) is 7.05. The van der Waals surface area contributed by atoms with Crippen LogP contribution in [0.15, 0.2) is 12.1 Å². The first-order chi connectivity index (χ1) is 10.1. The van der Waals surface area contributed by atoms with E-state index in [1.165, 1.54) is 0 Å². The van der Waals surface area contributed by atoms with E-state index in [0.717, 1.165) is 48.2 Å². The number of anilines is 1. The van der Waals surface area contributed by atoms with Crippen LogP contribution in [0.1, 0.15) is 51.2 Å². The van der Waals surface area contributed by atoms with E-state index < -0.39 is 0 Å². The molecule has 0 amide bonds. The van der Waals surface area contributed by atoms with Crippen LogP contribution in [0.2, 0.25) is 0 Å². The van der Waals surface area contributed by atoms with Crippen molar-refractivity contribution in [1.82, 2.24) is 0 Å². The first-order valence-electron chi connectivity index (χ1n) is 7.82. The molecule has 0 saturated carbocycles. The van der Waals surface area contributed by atoms with Crippen LogP contribution < -0.4 is 10.5 Å². The highest BCUT2D eigenvalue weighted by Crippen LogP contribution is 2.26. The van der Waals surface area contributed by atoms with Crippen molar-refractivity contribution in [3.8, 4) is 5.75 Å². The van der Waals surface area contributed by atoms with Gasteiger partial charge in [-0.15, -0.1) is 0 Å². The molecule has 0 atom stereocenters. The van der Waals surface area contributed by atoms with Gasteiger partial charge in [-0.05, 0) is 55.9 Å². The third kappa shape index (κ3) is 5.66. The van der Waals surface area contributed by atoms with Crippen molar-refractivity contribution in [3.05, 3.63) is 23.3 Å². The molecule has 0 heterocycles. The molecule has 4 nitrogen and oxygen atoms in total. The molecule has 0 radical (unpaired) electrons. The molecule has 0 aliphatic heterocycles. The molecule has 0 aromatic heterocycles. The molecule has 118 valence electrons. The second-order valence-corrected chi connectivity index (χ2v) is 4.97. The molecule has 1 aromatic carbocycles. The van der Waals surface area contributed by atoms with E-state index in [4.69, 9.17) is 15.2 Å². The second-order valence-electron chi connectivity index (χ2n) is 4.97. The maximum Gasteiger partial charge on any atom is 0.305 e. The number of esters is 1. The SMILES string of the molecule is CCOC(=O)CCCCOc1cc(CC)c(N)c(CC)c1. The van der Waals surface area contributed by atoms with Crippen molar-refractivity contribution >= 4 is 11.7 Å². The summed E-state index contributed by atoms with van der Waals surface area (Å²) in [6.07, 6.45) is 3.89. The van der Waals surface area contributed by atoms with Gasteiger partial charge in [-0.1, -0.05) is 13.8 Å². The average molecular weight is 293 g/mol. The number of aryl methyl sites for hydroxylation is 2. The van der Waals surface area contributed by atoms with Crippen molar-refractivity contribution in [2.24, 2.45) is 0 Å². The fraction of sp³-hybridized carbons (Fsp3) is 0.588. The number of hydrogen-bond donors (Lipinski definition) is 1. The van der Waals surface area contributed by atoms with Crippen molar-refractivity contribution < 1.29 is 14.3 Å². The largest absolute Gasteiger partial charge is 0.494 e. The predicted molar refractivity (Wildman–Crippen MR) is 85.6 cm³/mol. The van der Waals surface area contributed by atoms with Gasteiger partial charge in [0.25, 0.3) is 0 Å². The molecular formula is C17H27NO3. The van der Waals surface area contributed by atoms with Crippen LogP contribution in [0.4, 0.5) is 5.69 Å². The molecule has 0 aliphatic rings. The van der Waals surface area contributed by atoms with Gasteiger partial charge in [-0.2, -0.15) is 0 Å². The zero-order chi connectivity index (χ0) is 15.7. The maximum absolute atomic E-state index is 11.2. The predicted octanol–water partition coefficient (Wildman–Crippen LogP) is 3.51. The Kier molecular flexibility index (Phi) is 7.65. The van der Waals surface area contributed by atoms with Crippen LogP contribution in [0.5, 0.6) is 5.75 Å². The monoisotopic (exact) mass is 293 g/mol. The third-order valence-corrected chi connectivity index (χ3v) is 3.44. The van der Waals surface area contributed by atoms with E-state index in [-0.39, 0.29) is 5.97 Å². The number of rotatable bonds is 9. The van der Waals surface area contributed by atoms with Crippen molar-refractivity contribution in [2.45, 2.75) is 52.9 Å². The minimum Gasteiger partial charge on any atom is -0.494 e. The van der Waals surface area contributed by atoms with E-state index in [2.05, 4.69) is 13.8 Å². The fourth-order valence-electron chi connectivity index (χ4n) is 2.21. The van der Waals surface area contributed by atoms with Crippen molar-refractivity contribution in [3.63, 3.8) is 0 Å². The Balaban J connectivity index is 2.43. The van der Waals surface area contributed by atoms with Crippen LogP contribution in [-0.4, -0.2) is 19.2 Å². The highest BCUT2D eigenvalue weighted by Gasteiger charge is 2.07. The summed E-state index contributed by atoms with van der Waals surface area (Å²) in [7, 11) is 0. The van der Waals surface area contributed by atoms with Crippen LogP contribution in [0.25, 0.3) is 0 Å². The van der Waals surface area contributed by atoms with Gasteiger partial charge in [0.05, 0.1) is 13.2 Å². The number of benzene rings is 1. The minimum absolute atomic E-state index is 0.133. The first-order valence-corrected chi connectivity index (χ1v) is 7.82. The van der Waals surface area contributed by atoms with E-state index in [1.54, 1.807) is 0 Å². The molecule has 1 rings (SSSR count). The Bertz CT molecular complexity index is 432. The molecule has 2 N–H and O–H groups in total. The molecule has 0 spiro atoms. The normalized spacial score (nSPS) is 10.4. The number of unbranched alkanes of at least 4 members (excludes halogenated alkanes) is 1. The van der Waals surface area contributed by atoms with E-state index in [0.29, 0.717) is 19.6 Å². The first kappa shape index (κ1) is 17.3. The van der Waals surface area contributed by atoms with Gasteiger partial charge in [0.1, 0.15) is 5.75 Å². The summed E-state index contributed by atoms with van der Waals surface area (Å²) in [6, 6.07) is 4.03. The Morgan fingerprint density at radius 3 is 2.24 bits per heavy atom. The van der Waals surface area contributed by atoms with E-state index >= 15 is 0 Å². The second kappa shape index (κ2) is 9.27. The Morgan fingerprint density at radius 1 is 1.10 bits per heavy atom. The lowest BCUT2D eigenvalue weighted by atomic mass is 10.0. The smallest absolute Gasteiger partial charge is 0.305 e. The van der Waals surface area contributed by atoms with Gasteiger partial charge >= 0.3 is 5.97 Å². The molecule has 21 heavy (non-hydrogen) atoms. The van der Waals surface area contributed by atoms with Crippen molar-refractivity contribution in [2.75, 3.05) is 18.9 Å². The summed E-state index contributed by atoms with van der Waals surface area (Å²) in [5.74, 6) is 0.737. The zero-order valence-electron chi connectivity index (χ0n) is 13.4. The lowest BCUT2D eigenvalue weighted by molar-refractivity contribution is -0.143. The Labute approximate surface area is 127 Å². The van der Waals surface area contributed by atoms with Gasteiger partial charge < -0.3 is 15.2 Å². The number of nitrogen functional groups attached to an aromatic ring is 1. The summed E-state index contributed by atoms with van der Waals surface area (Å²) < 4.78 is 10.7. The van der Waals surface area contributed by atoms with Gasteiger partial charge in [0.15, 0.2) is 0 Å². The molecule has 0 bridgehead atoms. The number of nitrogens with two attached hydrogens (primary N) is 1. The average Bonchev–Trinajstić information content (AvgIpc) is 2.48. The molecule has 0 saturated heterocycles. The lowest BCUT2D eigenvalue weighted by Gasteiger charge is -2.13. The standard InChI is InChI=1S/C17H27NO3/c1-4-13-11-15(12-14(5-2)17(13)18)21-10-8-7-9-16(19)20-6-3/h11-12H,4-10,18H2,1-3H3. The zero-order valence-corrected chi connectivity index (χ0v) is 13.4. The van der Waals surface area contributed by atoms with Crippen LogP contribution in [0.3, 0.4) is 0 Å². The lowest BCUT2D eigenvalue weighted by Crippen LogP contribution is -2.06. The Hall–Kier alpha value is -1.71. The number of hydrogen-bond acceptors (Lipinski definition) is 4. The fourth-order valence-corrected chi connectivity index (χ4v) is 2.21. The molecule has 1 aromatic rings.